The molecule has 0 unspecified atom stereocenters. The molecule has 2 heterocycles. The fraction of sp³-hybridized carbons (Fsp3) is 0.278. The van der Waals surface area contributed by atoms with E-state index in [0.29, 0.717) is 18.1 Å². The summed E-state index contributed by atoms with van der Waals surface area (Å²) in [6.45, 7) is 3.15. The van der Waals surface area contributed by atoms with Crippen molar-refractivity contribution in [3.8, 4) is 5.75 Å². The zero-order valence-electron chi connectivity index (χ0n) is 13.9. The van der Waals surface area contributed by atoms with E-state index in [9.17, 15) is 9.59 Å². The van der Waals surface area contributed by atoms with Crippen LogP contribution in [0.3, 0.4) is 0 Å². The Balaban J connectivity index is 1.61. The number of rotatable bonds is 7. The summed E-state index contributed by atoms with van der Waals surface area (Å²) in [5.41, 5.74) is 0.611. The predicted octanol–water partition coefficient (Wildman–Crippen LogP) is 2.86. The van der Waals surface area contributed by atoms with E-state index >= 15 is 0 Å². The van der Waals surface area contributed by atoms with Crippen LogP contribution in [-0.4, -0.2) is 21.9 Å². The van der Waals surface area contributed by atoms with E-state index in [2.05, 4.69) is 17.2 Å². The lowest BCUT2D eigenvalue weighted by atomic mass is 10.2. The van der Waals surface area contributed by atoms with Crippen molar-refractivity contribution >= 4 is 22.2 Å². The van der Waals surface area contributed by atoms with E-state index in [0.717, 1.165) is 24.2 Å². The Labute approximate surface area is 149 Å². The number of aromatic nitrogens is 2. The van der Waals surface area contributed by atoms with E-state index in [1.54, 1.807) is 11.6 Å². The van der Waals surface area contributed by atoms with Crippen LogP contribution in [0.5, 0.6) is 5.75 Å². The molecule has 1 aromatic carbocycles. The van der Waals surface area contributed by atoms with Gasteiger partial charge < -0.3 is 10.1 Å². The molecular weight excluding hydrogens is 338 g/mol. The van der Waals surface area contributed by atoms with Crippen molar-refractivity contribution in [2.45, 2.75) is 26.3 Å². The number of benzene rings is 1. The number of nitrogens with zero attached hydrogens (tertiary/aromatic N) is 2. The third kappa shape index (κ3) is 4.06. The van der Waals surface area contributed by atoms with Crippen LogP contribution in [0, 0.1) is 0 Å². The highest BCUT2D eigenvalue weighted by atomic mass is 32.1. The summed E-state index contributed by atoms with van der Waals surface area (Å²) in [4.78, 5) is 29.2. The van der Waals surface area contributed by atoms with Gasteiger partial charge in [0.1, 0.15) is 11.3 Å². The number of amides is 1. The lowest BCUT2D eigenvalue weighted by Crippen LogP contribution is -2.30. The van der Waals surface area contributed by atoms with E-state index in [-0.39, 0.29) is 11.1 Å². The lowest BCUT2D eigenvalue weighted by Gasteiger charge is -2.08. The Kier molecular flexibility index (Phi) is 5.45. The van der Waals surface area contributed by atoms with Crippen LogP contribution in [0.1, 0.15) is 35.7 Å². The standard InChI is InChI=1S/C18H19N3O3S/c1-2-3-9-24-14-6-4-13(5-7-14)11-19-16(22)15-12-20-18-21(17(15)23)8-10-25-18/h4-8,10,12H,2-3,9,11H2,1H3,(H,19,22). The third-order valence-electron chi connectivity index (χ3n) is 3.73. The minimum absolute atomic E-state index is 0.0374. The van der Waals surface area contributed by atoms with Gasteiger partial charge in [0.2, 0.25) is 0 Å². The summed E-state index contributed by atoms with van der Waals surface area (Å²) >= 11 is 1.35. The van der Waals surface area contributed by atoms with Crippen molar-refractivity contribution < 1.29 is 9.53 Å². The molecule has 1 N–H and O–H groups in total. The zero-order valence-corrected chi connectivity index (χ0v) is 14.7. The van der Waals surface area contributed by atoms with Gasteiger partial charge in [-0.1, -0.05) is 25.5 Å². The topological polar surface area (TPSA) is 72.7 Å². The first-order valence-electron chi connectivity index (χ1n) is 8.14. The minimum Gasteiger partial charge on any atom is -0.494 e. The molecule has 2 aromatic heterocycles. The molecule has 0 fully saturated rings. The molecule has 0 saturated carbocycles. The van der Waals surface area contributed by atoms with Crippen LogP contribution < -0.4 is 15.6 Å². The second-order valence-electron chi connectivity index (χ2n) is 5.56. The van der Waals surface area contributed by atoms with E-state index in [1.165, 1.54) is 21.9 Å². The molecule has 0 aliphatic heterocycles. The first kappa shape index (κ1) is 17.2. The third-order valence-corrected chi connectivity index (χ3v) is 4.50. The fourth-order valence-electron chi connectivity index (χ4n) is 2.30. The minimum atomic E-state index is -0.429. The smallest absolute Gasteiger partial charge is 0.271 e. The summed E-state index contributed by atoms with van der Waals surface area (Å²) in [7, 11) is 0. The second-order valence-corrected chi connectivity index (χ2v) is 6.43. The SMILES string of the molecule is CCCCOc1ccc(CNC(=O)c2cnc3sccn3c2=O)cc1. The number of carbonyl (C=O) groups excluding carboxylic acids is 1. The number of nitrogens with one attached hydrogen (secondary N) is 1. The molecule has 0 aliphatic rings. The highest BCUT2D eigenvalue weighted by Crippen LogP contribution is 2.13. The monoisotopic (exact) mass is 357 g/mol. The van der Waals surface area contributed by atoms with Crippen molar-refractivity contribution in [3.63, 3.8) is 0 Å². The molecule has 130 valence electrons. The van der Waals surface area contributed by atoms with Crippen LogP contribution in [0.15, 0.2) is 46.8 Å². The van der Waals surface area contributed by atoms with Gasteiger partial charge in [0.25, 0.3) is 11.5 Å². The molecule has 0 bridgehead atoms. The maximum Gasteiger partial charge on any atom is 0.271 e. The van der Waals surface area contributed by atoms with Gasteiger partial charge in [-0.15, -0.1) is 11.3 Å². The molecule has 1 amide bonds. The molecule has 0 saturated heterocycles. The number of thiazole rings is 1. The summed E-state index contributed by atoms with van der Waals surface area (Å²) in [5.74, 6) is 0.384. The number of hydrogen-bond acceptors (Lipinski definition) is 5. The molecule has 3 rings (SSSR count). The normalized spacial score (nSPS) is 10.8. The second kappa shape index (κ2) is 7.94. The highest BCUT2D eigenvalue weighted by molar-refractivity contribution is 7.15. The van der Waals surface area contributed by atoms with Gasteiger partial charge in [0.15, 0.2) is 4.96 Å². The predicted molar refractivity (Wildman–Crippen MR) is 97.4 cm³/mol. The van der Waals surface area contributed by atoms with Crippen LogP contribution in [-0.2, 0) is 6.54 Å². The molecule has 25 heavy (non-hydrogen) atoms. The molecule has 3 aromatic rings. The van der Waals surface area contributed by atoms with Gasteiger partial charge in [-0.25, -0.2) is 4.98 Å². The van der Waals surface area contributed by atoms with Crippen LogP contribution in [0.25, 0.3) is 4.96 Å². The van der Waals surface area contributed by atoms with Crippen molar-refractivity contribution in [1.82, 2.24) is 14.7 Å². The summed E-state index contributed by atoms with van der Waals surface area (Å²) in [6, 6.07) is 7.56. The maximum atomic E-state index is 12.3. The maximum absolute atomic E-state index is 12.3. The number of hydrogen-bond donors (Lipinski definition) is 1. The average molecular weight is 357 g/mol. The van der Waals surface area contributed by atoms with Crippen molar-refractivity contribution in [3.05, 3.63) is 63.5 Å². The Hall–Kier alpha value is -2.67. The van der Waals surface area contributed by atoms with Crippen molar-refractivity contribution in [2.75, 3.05) is 6.61 Å². The Morgan fingerprint density at radius 3 is 2.88 bits per heavy atom. The van der Waals surface area contributed by atoms with Crippen LogP contribution >= 0.6 is 11.3 Å². The first-order valence-corrected chi connectivity index (χ1v) is 9.02. The van der Waals surface area contributed by atoms with Crippen LogP contribution in [0.2, 0.25) is 0 Å². The summed E-state index contributed by atoms with van der Waals surface area (Å²) < 4.78 is 6.98. The van der Waals surface area contributed by atoms with Gasteiger partial charge in [-0.2, -0.15) is 0 Å². The van der Waals surface area contributed by atoms with Crippen molar-refractivity contribution in [2.24, 2.45) is 0 Å². The lowest BCUT2D eigenvalue weighted by molar-refractivity contribution is 0.0949. The molecule has 0 atom stereocenters. The average Bonchev–Trinajstić information content (AvgIpc) is 3.11. The van der Waals surface area contributed by atoms with Gasteiger partial charge in [0.05, 0.1) is 6.61 Å². The molecule has 0 aliphatic carbocycles. The van der Waals surface area contributed by atoms with Crippen molar-refractivity contribution in [1.29, 1.82) is 0 Å². The fourth-order valence-corrected chi connectivity index (χ4v) is 2.97. The largest absolute Gasteiger partial charge is 0.494 e. The molecule has 7 heteroatoms. The van der Waals surface area contributed by atoms with E-state index in [1.807, 2.05) is 24.3 Å². The van der Waals surface area contributed by atoms with Gasteiger partial charge in [0, 0.05) is 24.3 Å². The zero-order chi connectivity index (χ0) is 17.6. The Bertz CT molecular complexity index is 915. The van der Waals surface area contributed by atoms with E-state index < -0.39 is 5.91 Å². The molecular formula is C18H19N3O3S. The number of unbranched alkanes of at least 4 members (excludes halogenated alkanes) is 1. The number of carbonyl (C=O) groups is 1. The number of fused-ring (bicyclic) bond motifs is 1. The molecule has 0 spiro atoms. The Morgan fingerprint density at radius 2 is 2.12 bits per heavy atom. The van der Waals surface area contributed by atoms with Gasteiger partial charge in [-0.3, -0.25) is 14.0 Å². The Morgan fingerprint density at radius 1 is 1.32 bits per heavy atom. The summed E-state index contributed by atoms with van der Waals surface area (Å²) in [5, 5.41) is 4.51. The first-order chi connectivity index (χ1) is 12.2. The van der Waals surface area contributed by atoms with Crippen LogP contribution in [0.4, 0.5) is 0 Å². The van der Waals surface area contributed by atoms with Gasteiger partial charge in [-0.05, 0) is 24.1 Å². The van der Waals surface area contributed by atoms with E-state index in [4.69, 9.17) is 4.74 Å². The quantitative estimate of drug-likeness (QED) is 0.660. The van der Waals surface area contributed by atoms with Gasteiger partial charge >= 0.3 is 0 Å². The number of ether oxygens (including phenoxy) is 1. The summed E-state index contributed by atoms with van der Waals surface area (Å²) in [6.07, 6.45) is 5.06. The highest BCUT2D eigenvalue weighted by Gasteiger charge is 2.13. The molecule has 0 radical (unpaired) electrons. The molecule has 6 nitrogen and oxygen atoms in total.